The molecule has 60 valence electrons. The van der Waals surface area contributed by atoms with Crippen LogP contribution in [0.3, 0.4) is 0 Å². The van der Waals surface area contributed by atoms with Crippen LogP contribution in [0.25, 0.3) is 0 Å². The van der Waals surface area contributed by atoms with Gasteiger partial charge >= 0.3 is 0 Å². The van der Waals surface area contributed by atoms with Crippen molar-refractivity contribution in [3.05, 3.63) is 12.3 Å². The Hall–Kier alpha value is -0.530. The molecule has 1 aliphatic rings. The molecule has 1 aliphatic heterocycles. The molecule has 2 nitrogen and oxygen atoms in total. The molecule has 0 N–H and O–H groups in total. The first-order valence-corrected chi connectivity index (χ1v) is 4.90. The molecular weight excluding hydrogens is 158 g/mol. The molecule has 0 saturated carbocycles. The summed E-state index contributed by atoms with van der Waals surface area (Å²) in [7, 11) is 0. The average Bonchev–Trinajstić information content (AvgIpc) is 2.07. The summed E-state index contributed by atoms with van der Waals surface area (Å²) in [5.41, 5.74) is 0. The summed E-state index contributed by atoms with van der Waals surface area (Å²) in [6.07, 6.45) is 7.56. The van der Waals surface area contributed by atoms with Gasteiger partial charge < -0.3 is 0 Å². The second-order valence-corrected chi connectivity index (χ2v) is 3.69. The van der Waals surface area contributed by atoms with Crippen LogP contribution in [0.2, 0.25) is 0 Å². The smallest absolute Gasteiger partial charge is 0.211 e. The summed E-state index contributed by atoms with van der Waals surface area (Å²) in [6.45, 7) is 0. The first-order valence-electron chi connectivity index (χ1n) is 3.75. The van der Waals surface area contributed by atoms with Crippen molar-refractivity contribution in [1.29, 1.82) is 0 Å². The minimum Gasteiger partial charge on any atom is -0.211 e. The van der Waals surface area contributed by atoms with Crippen molar-refractivity contribution in [2.75, 3.05) is 11.5 Å². The van der Waals surface area contributed by atoms with Crippen molar-refractivity contribution >= 4 is 17.8 Å². The predicted molar refractivity (Wildman–Crippen MR) is 47.3 cm³/mol. The van der Waals surface area contributed by atoms with Crippen LogP contribution in [-0.2, 0) is 4.79 Å². The zero-order valence-electron chi connectivity index (χ0n) is 6.32. The minimum absolute atomic E-state index is 0.617. The maximum absolute atomic E-state index is 9.70. The lowest BCUT2D eigenvalue weighted by Crippen LogP contribution is -2.06. The van der Waals surface area contributed by atoms with E-state index in [2.05, 4.69) is 4.99 Å². The summed E-state index contributed by atoms with van der Waals surface area (Å²) >= 11 is 1.97. The lowest BCUT2D eigenvalue weighted by Gasteiger charge is -2.16. The quantitative estimate of drug-likeness (QED) is 0.467. The van der Waals surface area contributed by atoms with Gasteiger partial charge in [0.25, 0.3) is 0 Å². The zero-order chi connectivity index (χ0) is 7.94. The normalized spacial score (nSPS) is 24.9. The Kier molecular flexibility index (Phi) is 4.02. The summed E-state index contributed by atoms with van der Waals surface area (Å²) < 4.78 is 0. The molecule has 1 unspecified atom stereocenters. The van der Waals surface area contributed by atoms with Gasteiger partial charge in [0.1, 0.15) is 0 Å². The van der Waals surface area contributed by atoms with Gasteiger partial charge in [0.15, 0.2) is 0 Å². The van der Waals surface area contributed by atoms with E-state index in [4.69, 9.17) is 0 Å². The first kappa shape index (κ1) is 8.57. The van der Waals surface area contributed by atoms with Gasteiger partial charge in [-0.2, -0.15) is 16.8 Å². The number of thioether (sulfide) groups is 1. The standard InChI is InChI=1S/C8H11NOS/c10-7-9-4-3-8-2-1-5-11-6-8/h3-4,8H,1-2,5-6H2/b4-3-. The fourth-order valence-corrected chi connectivity index (χ4v) is 2.23. The summed E-state index contributed by atoms with van der Waals surface area (Å²) in [4.78, 5) is 13.1. The molecule has 0 spiro atoms. The van der Waals surface area contributed by atoms with E-state index in [0.29, 0.717) is 5.92 Å². The second-order valence-electron chi connectivity index (χ2n) is 2.54. The molecule has 0 aromatic heterocycles. The third-order valence-electron chi connectivity index (χ3n) is 1.68. The van der Waals surface area contributed by atoms with Crippen LogP contribution >= 0.6 is 11.8 Å². The molecule has 1 heterocycles. The fourth-order valence-electron chi connectivity index (χ4n) is 1.11. The van der Waals surface area contributed by atoms with Gasteiger partial charge in [-0.15, -0.1) is 0 Å². The van der Waals surface area contributed by atoms with Gasteiger partial charge in [0.2, 0.25) is 6.08 Å². The van der Waals surface area contributed by atoms with E-state index < -0.39 is 0 Å². The van der Waals surface area contributed by atoms with Gasteiger partial charge in [-0.3, -0.25) is 0 Å². The number of allylic oxidation sites excluding steroid dienone is 1. The minimum atomic E-state index is 0.617. The van der Waals surface area contributed by atoms with Crippen LogP contribution in [0.1, 0.15) is 12.8 Å². The summed E-state index contributed by atoms with van der Waals surface area (Å²) in [5, 5.41) is 0. The third kappa shape index (κ3) is 3.40. The zero-order valence-corrected chi connectivity index (χ0v) is 7.14. The monoisotopic (exact) mass is 169 g/mol. The van der Waals surface area contributed by atoms with E-state index in [0.717, 1.165) is 0 Å². The highest BCUT2D eigenvalue weighted by Gasteiger charge is 2.09. The Balaban J connectivity index is 2.28. The molecule has 0 aromatic carbocycles. The number of carbonyl (C=O) groups excluding carboxylic acids is 1. The van der Waals surface area contributed by atoms with Crippen LogP contribution in [0, 0.1) is 5.92 Å². The van der Waals surface area contributed by atoms with Crippen molar-refractivity contribution in [3.63, 3.8) is 0 Å². The van der Waals surface area contributed by atoms with E-state index in [-0.39, 0.29) is 0 Å². The molecule has 11 heavy (non-hydrogen) atoms. The molecule has 0 radical (unpaired) electrons. The topological polar surface area (TPSA) is 29.4 Å². The fraction of sp³-hybridized carbons (Fsp3) is 0.625. The van der Waals surface area contributed by atoms with E-state index >= 15 is 0 Å². The number of hydrogen-bond acceptors (Lipinski definition) is 3. The molecule has 1 atom stereocenters. The number of hydrogen-bond donors (Lipinski definition) is 0. The van der Waals surface area contributed by atoms with Crippen molar-refractivity contribution < 1.29 is 4.79 Å². The molecule has 3 heteroatoms. The van der Waals surface area contributed by atoms with Crippen LogP contribution < -0.4 is 0 Å². The SMILES string of the molecule is O=C=N/C=C\C1CCCSC1. The highest BCUT2D eigenvalue weighted by atomic mass is 32.2. The molecule has 0 amide bonds. The average molecular weight is 169 g/mol. The van der Waals surface area contributed by atoms with Gasteiger partial charge in [0.05, 0.1) is 0 Å². The Morgan fingerprint density at radius 1 is 1.64 bits per heavy atom. The Morgan fingerprint density at radius 2 is 2.55 bits per heavy atom. The molecule has 0 aromatic rings. The van der Waals surface area contributed by atoms with E-state index in [1.807, 2.05) is 17.8 Å². The highest BCUT2D eigenvalue weighted by molar-refractivity contribution is 7.99. The lowest BCUT2D eigenvalue weighted by molar-refractivity contribution is 0.565. The van der Waals surface area contributed by atoms with Gasteiger partial charge in [-0.05, 0) is 30.3 Å². The Bertz CT molecular complexity index is 179. The van der Waals surface area contributed by atoms with Crippen molar-refractivity contribution in [3.8, 4) is 0 Å². The molecular formula is C8H11NOS. The van der Waals surface area contributed by atoms with Crippen LogP contribution in [0.5, 0.6) is 0 Å². The molecule has 0 aliphatic carbocycles. The predicted octanol–water partition coefficient (Wildman–Crippen LogP) is 1.98. The van der Waals surface area contributed by atoms with Gasteiger partial charge in [-0.25, -0.2) is 4.79 Å². The number of aliphatic imine (C=N–C) groups is 1. The van der Waals surface area contributed by atoms with Crippen LogP contribution in [0.15, 0.2) is 17.3 Å². The number of rotatable bonds is 2. The lowest BCUT2D eigenvalue weighted by atomic mass is 10.1. The maximum atomic E-state index is 9.70. The van der Waals surface area contributed by atoms with Crippen molar-refractivity contribution in [2.24, 2.45) is 10.9 Å². The highest BCUT2D eigenvalue weighted by Crippen LogP contribution is 2.23. The maximum Gasteiger partial charge on any atom is 0.239 e. The van der Waals surface area contributed by atoms with E-state index in [1.54, 1.807) is 6.20 Å². The molecule has 1 fully saturated rings. The van der Waals surface area contributed by atoms with Crippen LogP contribution in [0.4, 0.5) is 0 Å². The van der Waals surface area contributed by atoms with Crippen molar-refractivity contribution in [1.82, 2.24) is 0 Å². The van der Waals surface area contributed by atoms with Crippen LogP contribution in [-0.4, -0.2) is 17.6 Å². The number of isocyanates is 1. The first-order chi connectivity index (χ1) is 5.43. The van der Waals surface area contributed by atoms with E-state index in [9.17, 15) is 4.79 Å². The van der Waals surface area contributed by atoms with E-state index in [1.165, 1.54) is 30.4 Å². The van der Waals surface area contributed by atoms with Crippen molar-refractivity contribution in [2.45, 2.75) is 12.8 Å². The van der Waals surface area contributed by atoms with Gasteiger partial charge in [0, 0.05) is 6.20 Å². The van der Waals surface area contributed by atoms with Gasteiger partial charge in [-0.1, -0.05) is 6.08 Å². The molecule has 1 saturated heterocycles. The second kappa shape index (κ2) is 5.16. The Labute approximate surface area is 70.8 Å². The third-order valence-corrected chi connectivity index (χ3v) is 2.92. The summed E-state index contributed by atoms with van der Waals surface area (Å²) in [6, 6.07) is 0. The summed E-state index contributed by atoms with van der Waals surface area (Å²) in [5.74, 6) is 3.07. The Morgan fingerprint density at radius 3 is 3.18 bits per heavy atom. The molecule has 1 rings (SSSR count). The number of nitrogens with zero attached hydrogens (tertiary/aromatic N) is 1. The largest absolute Gasteiger partial charge is 0.239 e. The molecule has 0 bridgehead atoms.